The molecule has 1 atom stereocenters. The Balaban J connectivity index is 1.41. The number of rotatable bonds is 10. The normalized spacial score (nSPS) is 12.9. The molecule has 4 rings (SSSR count). The Morgan fingerprint density at radius 2 is 1.53 bits per heavy atom. The Bertz CT molecular complexity index is 1660. The lowest BCUT2D eigenvalue weighted by Gasteiger charge is -2.29. The van der Waals surface area contributed by atoms with Crippen LogP contribution in [0, 0.1) is 0 Å². The van der Waals surface area contributed by atoms with Crippen LogP contribution in [-0.2, 0) is 23.6 Å². The Morgan fingerprint density at radius 3 is 2.21 bits per heavy atom. The molecule has 10 heteroatoms. The molecule has 1 heterocycles. The lowest BCUT2D eigenvalue weighted by atomic mass is 9.99. The van der Waals surface area contributed by atoms with Crippen LogP contribution in [0.5, 0.6) is 0 Å². The summed E-state index contributed by atoms with van der Waals surface area (Å²) in [5.41, 5.74) is -0.0392. The summed E-state index contributed by atoms with van der Waals surface area (Å²) in [6.07, 6.45) is -0.384. The van der Waals surface area contributed by atoms with E-state index in [-0.39, 0.29) is 22.6 Å². The molecule has 3 aromatic carbocycles. The highest BCUT2D eigenvalue weighted by Gasteiger charge is 2.21. The smallest absolute Gasteiger partial charge is 0.273 e. The van der Waals surface area contributed by atoms with Crippen molar-refractivity contribution in [2.45, 2.75) is 43.4 Å². The molecule has 0 aliphatic heterocycles. The summed E-state index contributed by atoms with van der Waals surface area (Å²) in [4.78, 5) is 25.8. The summed E-state index contributed by atoms with van der Waals surface area (Å²) in [6, 6.07) is 21.5. The van der Waals surface area contributed by atoms with Gasteiger partial charge in [-0.1, -0.05) is 42.5 Å². The molecule has 0 radical (unpaired) electrons. The van der Waals surface area contributed by atoms with Gasteiger partial charge in [0.15, 0.2) is 0 Å². The number of sulfonamides is 1. The quantitative estimate of drug-likeness (QED) is 0.286. The first-order chi connectivity index (χ1) is 18.0. The molecule has 0 fully saturated rings. The number of hydrogen-bond donors (Lipinski definition) is 3. The second kappa shape index (κ2) is 10.9. The molecular formula is C28H32N4O5S. The third-order valence-electron chi connectivity index (χ3n) is 6.58. The SMILES string of the molecule is Cn1c(=O)c2ccccc2c(=O)n1CCC(C)(C)NC[C@H](O)c1cccc(NS(=O)(=O)c2ccccc2)c1. The highest BCUT2D eigenvalue weighted by molar-refractivity contribution is 7.92. The number of fused-ring (bicyclic) bond motifs is 1. The van der Waals surface area contributed by atoms with Gasteiger partial charge in [0.05, 0.1) is 21.8 Å². The first kappa shape index (κ1) is 27.3. The topological polar surface area (TPSA) is 122 Å². The van der Waals surface area contributed by atoms with Crippen LogP contribution in [0.3, 0.4) is 0 Å². The summed E-state index contributed by atoms with van der Waals surface area (Å²) >= 11 is 0. The number of nitrogens with zero attached hydrogens (tertiary/aromatic N) is 2. The average Bonchev–Trinajstić information content (AvgIpc) is 2.91. The van der Waals surface area contributed by atoms with Crippen LogP contribution in [0.1, 0.15) is 31.9 Å². The zero-order valence-electron chi connectivity index (χ0n) is 21.6. The van der Waals surface area contributed by atoms with Gasteiger partial charge in [0, 0.05) is 31.4 Å². The lowest BCUT2D eigenvalue weighted by Crippen LogP contribution is -2.44. The van der Waals surface area contributed by atoms with E-state index in [0.29, 0.717) is 35.0 Å². The minimum absolute atomic E-state index is 0.150. The standard InChI is InChI=1S/C28H32N4O5S/c1-28(2,16-17-32-27(35)24-15-8-7-14-23(24)26(34)31(32)3)29-19-25(33)20-10-9-11-21(18-20)30-38(36,37)22-12-5-4-6-13-22/h4-15,18,25,29-30,33H,16-17,19H2,1-3H3/t25-/m0/s1. The molecule has 38 heavy (non-hydrogen) atoms. The van der Waals surface area contributed by atoms with E-state index in [9.17, 15) is 23.1 Å². The highest BCUT2D eigenvalue weighted by Crippen LogP contribution is 2.21. The van der Waals surface area contributed by atoms with E-state index in [1.165, 1.54) is 21.5 Å². The first-order valence-electron chi connectivity index (χ1n) is 12.3. The molecule has 0 spiro atoms. The molecule has 3 N–H and O–H groups in total. The summed E-state index contributed by atoms with van der Waals surface area (Å²) in [7, 11) is -2.17. The first-order valence-corrected chi connectivity index (χ1v) is 13.8. The van der Waals surface area contributed by atoms with Crippen molar-refractivity contribution in [1.82, 2.24) is 14.7 Å². The zero-order chi connectivity index (χ0) is 27.5. The van der Waals surface area contributed by atoms with Gasteiger partial charge in [0.25, 0.3) is 21.1 Å². The second-order valence-electron chi connectivity index (χ2n) is 9.88. The molecular weight excluding hydrogens is 504 g/mol. The summed E-state index contributed by atoms with van der Waals surface area (Å²) in [6.45, 7) is 4.42. The summed E-state index contributed by atoms with van der Waals surface area (Å²) in [5.74, 6) is 0. The molecule has 0 aliphatic carbocycles. The average molecular weight is 537 g/mol. The summed E-state index contributed by atoms with van der Waals surface area (Å²) < 4.78 is 30.6. The maximum atomic E-state index is 13.0. The number of aromatic nitrogens is 2. The molecule has 1 aromatic heterocycles. The fourth-order valence-corrected chi connectivity index (χ4v) is 5.33. The predicted molar refractivity (Wildman–Crippen MR) is 149 cm³/mol. The van der Waals surface area contributed by atoms with Crippen molar-refractivity contribution < 1.29 is 13.5 Å². The van der Waals surface area contributed by atoms with E-state index >= 15 is 0 Å². The Labute approximate surface area is 221 Å². The molecule has 4 aromatic rings. The van der Waals surface area contributed by atoms with Gasteiger partial charge < -0.3 is 10.4 Å². The summed E-state index contributed by atoms with van der Waals surface area (Å²) in [5, 5.41) is 14.9. The fraction of sp³-hybridized carbons (Fsp3) is 0.286. The zero-order valence-corrected chi connectivity index (χ0v) is 22.4. The van der Waals surface area contributed by atoms with Crippen molar-refractivity contribution in [3.8, 4) is 0 Å². The Kier molecular flexibility index (Phi) is 7.86. The molecule has 0 unspecified atom stereocenters. The molecule has 0 amide bonds. The van der Waals surface area contributed by atoms with Gasteiger partial charge in [0.1, 0.15) is 0 Å². The van der Waals surface area contributed by atoms with Crippen molar-refractivity contribution >= 4 is 26.5 Å². The van der Waals surface area contributed by atoms with Crippen LogP contribution in [0.4, 0.5) is 5.69 Å². The van der Waals surface area contributed by atoms with Crippen molar-refractivity contribution in [2.75, 3.05) is 11.3 Å². The largest absolute Gasteiger partial charge is 0.387 e. The van der Waals surface area contributed by atoms with E-state index in [1.807, 2.05) is 13.8 Å². The van der Waals surface area contributed by atoms with Crippen molar-refractivity contribution in [3.05, 3.63) is 105 Å². The second-order valence-corrected chi connectivity index (χ2v) is 11.6. The Morgan fingerprint density at radius 1 is 0.895 bits per heavy atom. The van der Waals surface area contributed by atoms with Gasteiger partial charge >= 0.3 is 0 Å². The van der Waals surface area contributed by atoms with E-state index < -0.39 is 21.7 Å². The monoisotopic (exact) mass is 536 g/mol. The third-order valence-corrected chi connectivity index (χ3v) is 7.98. The number of β-amino-alcohol motifs (C(OH)–C–C–N with tert-alkyl or cyclic N) is 1. The third kappa shape index (κ3) is 6.04. The number of benzene rings is 3. The van der Waals surface area contributed by atoms with Gasteiger partial charge in [-0.2, -0.15) is 0 Å². The maximum absolute atomic E-state index is 13.0. The van der Waals surface area contributed by atoms with Gasteiger partial charge in [-0.3, -0.25) is 19.0 Å². The van der Waals surface area contributed by atoms with Crippen LogP contribution in [0.25, 0.3) is 10.8 Å². The fourth-order valence-electron chi connectivity index (χ4n) is 4.25. The van der Waals surface area contributed by atoms with E-state index in [1.54, 1.807) is 73.8 Å². The molecule has 0 saturated carbocycles. The van der Waals surface area contributed by atoms with Crippen LogP contribution < -0.4 is 21.2 Å². The van der Waals surface area contributed by atoms with E-state index in [0.717, 1.165) is 0 Å². The number of nitrogens with one attached hydrogen (secondary N) is 2. The van der Waals surface area contributed by atoms with Gasteiger partial charge in [-0.25, -0.2) is 13.1 Å². The van der Waals surface area contributed by atoms with Crippen molar-refractivity contribution in [2.24, 2.45) is 7.05 Å². The van der Waals surface area contributed by atoms with Crippen molar-refractivity contribution in [1.29, 1.82) is 0 Å². The van der Waals surface area contributed by atoms with Gasteiger partial charge in [-0.15, -0.1) is 0 Å². The molecule has 0 bridgehead atoms. The minimum Gasteiger partial charge on any atom is -0.387 e. The highest BCUT2D eigenvalue weighted by atomic mass is 32.2. The predicted octanol–water partition coefficient (Wildman–Crippen LogP) is 2.99. The van der Waals surface area contributed by atoms with Gasteiger partial charge in [0.2, 0.25) is 0 Å². The maximum Gasteiger partial charge on any atom is 0.273 e. The van der Waals surface area contributed by atoms with Crippen LogP contribution in [-0.4, -0.2) is 35.0 Å². The van der Waals surface area contributed by atoms with Crippen LogP contribution in [0.15, 0.2) is 93.3 Å². The Hall–Kier alpha value is -3.73. The molecule has 0 aliphatic rings. The van der Waals surface area contributed by atoms with Crippen LogP contribution >= 0.6 is 0 Å². The minimum atomic E-state index is -3.75. The number of aliphatic hydroxyl groups is 1. The lowest BCUT2D eigenvalue weighted by molar-refractivity contribution is 0.157. The number of anilines is 1. The van der Waals surface area contributed by atoms with E-state index in [4.69, 9.17) is 0 Å². The number of aliphatic hydroxyl groups excluding tert-OH is 1. The van der Waals surface area contributed by atoms with Crippen LogP contribution in [0.2, 0.25) is 0 Å². The van der Waals surface area contributed by atoms with Crippen molar-refractivity contribution in [3.63, 3.8) is 0 Å². The molecule has 0 saturated heterocycles. The molecule has 9 nitrogen and oxygen atoms in total. The van der Waals surface area contributed by atoms with Gasteiger partial charge in [-0.05, 0) is 62.2 Å². The van der Waals surface area contributed by atoms with E-state index in [2.05, 4.69) is 10.0 Å². The number of hydrogen-bond acceptors (Lipinski definition) is 6. The molecule has 200 valence electrons.